The molecule has 174 valence electrons. The summed E-state index contributed by atoms with van der Waals surface area (Å²) in [4.78, 5) is 27.2. The number of pyridine rings is 1. The summed E-state index contributed by atoms with van der Waals surface area (Å²) in [7, 11) is 1.64. The molecule has 0 radical (unpaired) electrons. The van der Waals surface area contributed by atoms with E-state index in [0.717, 1.165) is 0 Å². The minimum atomic E-state index is -1.71. The molecular weight excluding hydrogens is 440 g/mol. The Morgan fingerprint density at radius 3 is 2.62 bits per heavy atom. The summed E-state index contributed by atoms with van der Waals surface area (Å²) in [5.41, 5.74) is 0.379. The molecule has 0 aromatic carbocycles. The van der Waals surface area contributed by atoms with E-state index in [0.29, 0.717) is 47.1 Å². The number of nitrogens with one attached hydrogen (secondary N) is 1. The molecule has 1 fully saturated rings. The SMILES string of the molecule is Cc1nnc(C(C)Nc2nccc(-c3cccc(-c4cc(C5(O)CCN(C)C5=O)on4)n3)n2)o1. The number of hydrogen-bond donors (Lipinski definition) is 2. The lowest BCUT2D eigenvalue weighted by atomic mass is 9.98. The fourth-order valence-corrected chi connectivity index (χ4v) is 3.71. The van der Waals surface area contributed by atoms with Crippen LogP contribution in [0.15, 0.2) is 45.5 Å². The maximum absolute atomic E-state index is 12.4. The maximum Gasteiger partial charge on any atom is 0.262 e. The molecule has 12 heteroatoms. The number of aryl methyl sites for hydroxylation is 1. The molecule has 1 amide bonds. The molecular formula is C22H22N8O4. The zero-order valence-corrected chi connectivity index (χ0v) is 18.8. The molecule has 1 aliphatic rings. The normalized spacial score (nSPS) is 18.9. The summed E-state index contributed by atoms with van der Waals surface area (Å²) in [5, 5.41) is 25.8. The number of hydrogen-bond acceptors (Lipinski definition) is 11. The third-order valence-corrected chi connectivity index (χ3v) is 5.61. The van der Waals surface area contributed by atoms with Crippen LogP contribution in [0.3, 0.4) is 0 Å². The van der Waals surface area contributed by atoms with E-state index in [2.05, 4.69) is 35.6 Å². The molecule has 1 aliphatic heterocycles. The number of likely N-dealkylation sites (N-methyl/N-ethyl adjacent to an activating group) is 1. The second kappa shape index (κ2) is 8.30. The van der Waals surface area contributed by atoms with Crippen molar-refractivity contribution in [3.8, 4) is 22.8 Å². The summed E-state index contributed by atoms with van der Waals surface area (Å²) in [6, 6.07) is 8.39. The first-order valence-electron chi connectivity index (χ1n) is 10.7. The lowest BCUT2D eigenvalue weighted by molar-refractivity contribution is -0.144. The van der Waals surface area contributed by atoms with Crippen molar-refractivity contribution in [1.29, 1.82) is 0 Å². The Bertz CT molecular complexity index is 1350. The second-order valence-electron chi connectivity index (χ2n) is 8.11. The van der Waals surface area contributed by atoms with Gasteiger partial charge in [0.2, 0.25) is 23.3 Å². The predicted molar refractivity (Wildman–Crippen MR) is 118 cm³/mol. The van der Waals surface area contributed by atoms with Crippen molar-refractivity contribution in [3.05, 3.63) is 54.1 Å². The topological polar surface area (TPSA) is 156 Å². The average molecular weight is 462 g/mol. The Balaban J connectivity index is 1.38. The molecule has 0 bridgehead atoms. The van der Waals surface area contributed by atoms with Crippen molar-refractivity contribution in [2.24, 2.45) is 0 Å². The monoisotopic (exact) mass is 462 g/mol. The molecule has 1 saturated heterocycles. The summed E-state index contributed by atoms with van der Waals surface area (Å²) in [5.74, 6) is 0.974. The van der Waals surface area contributed by atoms with Crippen LogP contribution in [0, 0.1) is 6.92 Å². The molecule has 0 saturated carbocycles. The van der Waals surface area contributed by atoms with E-state index >= 15 is 0 Å². The number of carbonyl (C=O) groups is 1. The van der Waals surface area contributed by atoms with Crippen LogP contribution in [0.5, 0.6) is 0 Å². The van der Waals surface area contributed by atoms with Crippen molar-refractivity contribution in [2.75, 3.05) is 18.9 Å². The summed E-state index contributed by atoms with van der Waals surface area (Å²) in [6.07, 6.45) is 1.86. The van der Waals surface area contributed by atoms with Gasteiger partial charge in [0.15, 0.2) is 5.76 Å². The van der Waals surface area contributed by atoms with Crippen molar-refractivity contribution in [3.63, 3.8) is 0 Å². The van der Waals surface area contributed by atoms with E-state index in [1.165, 1.54) is 4.90 Å². The third-order valence-electron chi connectivity index (χ3n) is 5.61. The number of anilines is 1. The highest BCUT2D eigenvalue weighted by Crippen LogP contribution is 2.34. The van der Waals surface area contributed by atoms with Gasteiger partial charge in [0.25, 0.3) is 5.91 Å². The van der Waals surface area contributed by atoms with Crippen LogP contribution in [0.25, 0.3) is 22.8 Å². The van der Waals surface area contributed by atoms with Crippen LogP contribution in [-0.2, 0) is 10.4 Å². The molecule has 12 nitrogen and oxygen atoms in total. The van der Waals surface area contributed by atoms with Crippen LogP contribution in [0.2, 0.25) is 0 Å². The van der Waals surface area contributed by atoms with Crippen LogP contribution in [0.4, 0.5) is 5.95 Å². The Morgan fingerprint density at radius 1 is 1.15 bits per heavy atom. The van der Waals surface area contributed by atoms with Gasteiger partial charge in [-0.1, -0.05) is 11.2 Å². The standard InChI is InChI=1S/C22H22N8O4/c1-12(19-28-27-13(2)33-19)24-21-23-9-7-16(26-21)14-5-4-6-15(25-14)17-11-18(34-29-17)22(32)8-10-30(3)20(22)31/h4-7,9,11-12,32H,8,10H2,1-3H3,(H,23,24,26). The molecule has 2 atom stereocenters. The van der Waals surface area contributed by atoms with Gasteiger partial charge in [0.05, 0.1) is 17.1 Å². The van der Waals surface area contributed by atoms with Gasteiger partial charge >= 0.3 is 0 Å². The molecule has 5 heterocycles. The van der Waals surface area contributed by atoms with Gasteiger partial charge in [0.1, 0.15) is 11.7 Å². The largest absolute Gasteiger partial charge is 0.423 e. The van der Waals surface area contributed by atoms with Gasteiger partial charge < -0.3 is 24.3 Å². The molecule has 5 rings (SSSR count). The minimum Gasteiger partial charge on any atom is -0.423 e. The number of nitrogens with zero attached hydrogens (tertiary/aromatic N) is 7. The number of likely N-dealkylation sites (tertiary alicyclic amines) is 1. The first kappa shape index (κ1) is 21.6. The third kappa shape index (κ3) is 3.88. The molecule has 0 aliphatic carbocycles. The lowest BCUT2D eigenvalue weighted by Crippen LogP contribution is -2.35. The molecule has 34 heavy (non-hydrogen) atoms. The van der Waals surface area contributed by atoms with Gasteiger partial charge in [-0.25, -0.2) is 15.0 Å². The van der Waals surface area contributed by atoms with E-state index in [1.807, 2.05) is 19.1 Å². The average Bonchev–Trinajstić information content (AvgIpc) is 3.57. The van der Waals surface area contributed by atoms with Crippen LogP contribution in [-0.4, -0.2) is 59.8 Å². The highest BCUT2D eigenvalue weighted by Gasteiger charge is 2.48. The fraction of sp³-hybridized carbons (Fsp3) is 0.318. The molecule has 2 N–H and O–H groups in total. The van der Waals surface area contributed by atoms with E-state index in [9.17, 15) is 9.90 Å². The summed E-state index contributed by atoms with van der Waals surface area (Å²) >= 11 is 0. The van der Waals surface area contributed by atoms with E-state index < -0.39 is 11.5 Å². The van der Waals surface area contributed by atoms with E-state index in [-0.39, 0.29) is 18.2 Å². The summed E-state index contributed by atoms with van der Waals surface area (Å²) < 4.78 is 10.8. The second-order valence-corrected chi connectivity index (χ2v) is 8.11. The van der Waals surface area contributed by atoms with Gasteiger partial charge in [-0.15, -0.1) is 10.2 Å². The zero-order valence-electron chi connectivity index (χ0n) is 18.8. The summed E-state index contributed by atoms with van der Waals surface area (Å²) in [6.45, 7) is 4.03. The van der Waals surface area contributed by atoms with Crippen molar-refractivity contribution in [1.82, 2.24) is 35.2 Å². The Morgan fingerprint density at radius 2 is 1.91 bits per heavy atom. The molecule has 2 unspecified atom stereocenters. The Hall–Kier alpha value is -4.19. The molecule has 0 spiro atoms. The first-order valence-corrected chi connectivity index (χ1v) is 10.7. The number of amides is 1. The first-order chi connectivity index (χ1) is 16.3. The number of aliphatic hydroxyl groups is 1. The number of rotatable bonds is 6. The Labute approximate surface area is 194 Å². The van der Waals surface area contributed by atoms with Gasteiger partial charge in [-0.2, -0.15) is 0 Å². The zero-order chi connectivity index (χ0) is 23.9. The van der Waals surface area contributed by atoms with Gasteiger partial charge in [0, 0.05) is 39.2 Å². The smallest absolute Gasteiger partial charge is 0.262 e. The van der Waals surface area contributed by atoms with Gasteiger partial charge in [-0.05, 0) is 25.1 Å². The predicted octanol–water partition coefficient (Wildman–Crippen LogP) is 2.11. The van der Waals surface area contributed by atoms with E-state index in [1.54, 1.807) is 38.4 Å². The quantitative estimate of drug-likeness (QED) is 0.432. The fourth-order valence-electron chi connectivity index (χ4n) is 3.71. The molecule has 4 aromatic heterocycles. The highest BCUT2D eigenvalue weighted by atomic mass is 16.5. The highest BCUT2D eigenvalue weighted by molar-refractivity contribution is 5.87. The lowest BCUT2D eigenvalue weighted by Gasteiger charge is -2.16. The van der Waals surface area contributed by atoms with Gasteiger partial charge in [-0.3, -0.25) is 4.79 Å². The van der Waals surface area contributed by atoms with Crippen molar-refractivity contribution < 1.29 is 18.8 Å². The van der Waals surface area contributed by atoms with Crippen LogP contribution >= 0.6 is 0 Å². The Kier molecular flexibility index (Phi) is 5.28. The number of carbonyl (C=O) groups excluding carboxylic acids is 1. The van der Waals surface area contributed by atoms with Crippen LogP contribution in [0.1, 0.15) is 36.9 Å². The maximum atomic E-state index is 12.4. The van der Waals surface area contributed by atoms with Crippen molar-refractivity contribution >= 4 is 11.9 Å². The molecule has 4 aromatic rings. The van der Waals surface area contributed by atoms with E-state index in [4.69, 9.17) is 8.94 Å². The van der Waals surface area contributed by atoms with Crippen molar-refractivity contribution in [2.45, 2.75) is 31.9 Å². The number of aromatic nitrogens is 6. The minimum absolute atomic E-state index is 0.0998. The van der Waals surface area contributed by atoms with Crippen LogP contribution < -0.4 is 5.32 Å².